The average molecular weight is 328 g/mol. The first-order chi connectivity index (χ1) is 9.95. The molecule has 5 nitrogen and oxygen atoms in total. The molecule has 0 saturated carbocycles. The minimum absolute atomic E-state index is 0.113. The summed E-state index contributed by atoms with van der Waals surface area (Å²) in [6.45, 7) is 2.38. The van der Waals surface area contributed by atoms with Crippen molar-refractivity contribution in [3.05, 3.63) is 56.4 Å². The summed E-state index contributed by atoms with van der Waals surface area (Å²) in [5, 5.41) is 5.15. The van der Waals surface area contributed by atoms with Gasteiger partial charge in [0.1, 0.15) is 12.4 Å². The Morgan fingerprint density at radius 2 is 2.14 bits per heavy atom. The second-order valence-corrected chi connectivity index (χ2v) is 5.55. The minimum atomic E-state index is -0.284. The second kappa shape index (κ2) is 6.93. The Bertz CT molecular complexity index is 686. The van der Waals surface area contributed by atoms with E-state index < -0.39 is 0 Å². The fraction of sp³-hybridized carbons (Fsp3) is 0.286. The van der Waals surface area contributed by atoms with Crippen LogP contribution >= 0.6 is 23.2 Å². The van der Waals surface area contributed by atoms with E-state index in [1.54, 1.807) is 18.2 Å². The van der Waals surface area contributed by atoms with Crippen molar-refractivity contribution in [1.29, 1.82) is 0 Å². The third-order valence-corrected chi connectivity index (χ3v) is 3.29. The van der Waals surface area contributed by atoms with Crippen molar-refractivity contribution in [2.24, 2.45) is 5.73 Å². The van der Waals surface area contributed by atoms with Gasteiger partial charge in [-0.1, -0.05) is 23.2 Å². The third-order valence-electron chi connectivity index (χ3n) is 2.69. The molecule has 0 amide bonds. The maximum Gasteiger partial charge on any atom is 0.270 e. The molecule has 0 aliphatic rings. The van der Waals surface area contributed by atoms with Crippen molar-refractivity contribution in [3.63, 3.8) is 0 Å². The van der Waals surface area contributed by atoms with Crippen molar-refractivity contribution in [2.75, 3.05) is 6.61 Å². The lowest BCUT2D eigenvalue weighted by molar-refractivity contribution is 0.293. The standard InChI is InChI=1S/C14H15Cl2N3O2/c1-9(17)8-21-12-5-14(20)19(18-6-12)7-10-4-11(15)2-3-13(10)16/h2-6,9H,7-8,17H2,1H3. The molecule has 7 heteroatoms. The number of hydrogen-bond acceptors (Lipinski definition) is 4. The van der Waals surface area contributed by atoms with E-state index in [9.17, 15) is 4.79 Å². The van der Waals surface area contributed by atoms with Gasteiger partial charge in [0.05, 0.1) is 12.7 Å². The van der Waals surface area contributed by atoms with Gasteiger partial charge < -0.3 is 10.5 Å². The number of nitrogens with zero attached hydrogens (tertiary/aromatic N) is 2. The molecule has 1 aromatic carbocycles. The summed E-state index contributed by atoms with van der Waals surface area (Å²) in [4.78, 5) is 12.0. The molecule has 112 valence electrons. The van der Waals surface area contributed by atoms with Gasteiger partial charge in [0.2, 0.25) is 0 Å². The highest BCUT2D eigenvalue weighted by Gasteiger charge is 2.06. The highest BCUT2D eigenvalue weighted by molar-refractivity contribution is 6.33. The topological polar surface area (TPSA) is 70.1 Å². The molecule has 1 unspecified atom stereocenters. The lowest BCUT2D eigenvalue weighted by atomic mass is 10.2. The number of halogens is 2. The Balaban J connectivity index is 2.18. The van der Waals surface area contributed by atoms with E-state index >= 15 is 0 Å². The predicted octanol–water partition coefficient (Wildman–Crippen LogP) is 2.32. The Labute approximate surface area is 132 Å². The predicted molar refractivity (Wildman–Crippen MR) is 83.2 cm³/mol. The summed E-state index contributed by atoms with van der Waals surface area (Å²) in [6.07, 6.45) is 1.47. The average Bonchev–Trinajstić information content (AvgIpc) is 2.43. The van der Waals surface area contributed by atoms with Crippen LogP contribution in [0.1, 0.15) is 12.5 Å². The molecule has 1 aromatic heterocycles. The van der Waals surface area contributed by atoms with Crippen LogP contribution in [0.15, 0.2) is 35.3 Å². The van der Waals surface area contributed by atoms with Gasteiger partial charge in [0.15, 0.2) is 0 Å². The zero-order valence-corrected chi connectivity index (χ0v) is 12.9. The molecule has 2 rings (SSSR count). The van der Waals surface area contributed by atoms with Crippen molar-refractivity contribution >= 4 is 23.2 Å². The number of aromatic nitrogens is 2. The summed E-state index contributed by atoms with van der Waals surface area (Å²) < 4.78 is 6.64. The van der Waals surface area contributed by atoms with Crippen molar-refractivity contribution in [2.45, 2.75) is 19.5 Å². The van der Waals surface area contributed by atoms with Crippen LogP contribution in [0.25, 0.3) is 0 Å². The first-order valence-corrected chi connectivity index (χ1v) is 7.11. The second-order valence-electron chi connectivity index (χ2n) is 4.71. The van der Waals surface area contributed by atoms with Gasteiger partial charge in [-0.25, -0.2) is 4.68 Å². The molecule has 1 atom stereocenters. The first kappa shape index (κ1) is 15.8. The van der Waals surface area contributed by atoms with Crippen LogP contribution in [0.5, 0.6) is 5.75 Å². The van der Waals surface area contributed by atoms with Gasteiger partial charge in [-0.05, 0) is 30.7 Å². The molecule has 0 aliphatic carbocycles. The fourth-order valence-corrected chi connectivity index (χ4v) is 2.04. The van der Waals surface area contributed by atoms with Gasteiger partial charge in [0, 0.05) is 22.2 Å². The molecule has 1 heterocycles. The SMILES string of the molecule is CC(N)COc1cnn(Cc2cc(Cl)ccc2Cl)c(=O)c1. The molecule has 2 N–H and O–H groups in total. The maximum absolute atomic E-state index is 12.0. The van der Waals surface area contributed by atoms with E-state index in [-0.39, 0.29) is 18.1 Å². The van der Waals surface area contributed by atoms with Crippen LogP contribution < -0.4 is 16.0 Å². The molecule has 0 fully saturated rings. The molecule has 0 saturated heterocycles. The van der Waals surface area contributed by atoms with Gasteiger partial charge in [0.25, 0.3) is 5.56 Å². The zero-order chi connectivity index (χ0) is 15.4. The van der Waals surface area contributed by atoms with Crippen LogP contribution in [0, 0.1) is 0 Å². The molecule has 0 bridgehead atoms. The van der Waals surface area contributed by atoms with Crippen LogP contribution in [0.3, 0.4) is 0 Å². The van der Waals surface area contributed by atoms with Crippen molar-refractivity contribution in [3.8, 4) is 5.75 Å². The molecular weight excluding hydrogens is 313 g/mol. The lowest BCUT2D eigenvalue weighted by Gasteiger charge is -2.10. The molecule has 0 radical (unpaired) electrons. The normalized spacial score (nSPS) is 12.2. The van der Waals surface area contributed by atoms with E-state index in [2.05, 4.69) is 5.10 Å². The third kappa shape index (κ3) is 4.46. The molecule has 0 aliphatic heterocycles. The Hall–Kier alpha value is -1.56. The van der Waals surface area contributed by atoms with Gasteiger partial charge in [-0.3, -0.25) is 4.79 Å². The number of nitrogens with two attached hydrogens (primary N) is 1. The van der Waals surface area contributed by atoms with Gasteiger partial charge >= 0.3 is 0 Å². The minimum Gasteiger partial charge on any atom is -0.490 e. The smallest absolute Gasteiger partial charge is 0.270 e. The summed E-state index contributed by atoms with van der Waals surface area (Å²) in [5.41, 5.74) is 6.03. The first-order valence-electron chi connectivity index (χ1n) is 6.35. The summed E-state index contributed by atoms with van der Waals surface area (Å²) in [7, 11) is 0. The van der Waals surface area contributed by atoms with E-state index in [0.29, 0.717) is 22.4 Å². The highest BCUT2D eigenvalue weighted by Crippen LogP contribution is 2.21. The van der Waals surface area contributed by atoms with Crippen molar-refractivity contribution in [1.82, 2.24) is 9.78 Å². The monoisotopic (exact) mass is 327 g/mol. The number of ether oxygens (including phenoxy) is 1. The summed E-state index contributed by atoms with van der Waals surface area (Å²) in [6, 6.07) is 6.34. The fourth-order valence-electron chi connectivity index (χ4n) is 1.67. The Kier molecular flexibility index (Phi) is 5.22. The highest BCUT2D eigenvalue weighted by atomic mass is 35.5. The Morgan fingerprint density at radius 3 is 2.81 bits per heavy atom. The molecular formula is C14H15Cl2N3O2. The quantitative estimate of drug-likeness (QED) is 0.914. The molecule has 2 aromatic rings. The lowest BCUT2D eigenvalue weighted by Crippen LogP contribution is -2.26. The van der Waals surface area contributed by atoms with Crippen LogP contribution in [0.4, 0.5) is 0 Å². The zero-order valence-electron chi connectivity index (χ0n) is 11.4. The van der Waals surface area contributed by atoms with Crippen molar-refractivity contribution < 1.29 is 4.74 Å². The van der Waals surface area contributed by atoms with Crippen LogP contribution in [-0.2, 0) is 6.54 Å². The maximum atomic E-state index is 12.0. The molecule has 21 heavy (non-hydrogen) atoms. The number of hydrogen-bond donors (Lipinski definition) is 1. The van der Waals surface area contributed by atoms with Gasteiger partial charge in [-0.2, -0.15) is 5.10 Å². The van der Waals surface area contributed by atoms with Crippen LogP contribution in [0.2, 0.25) is 10.0 Å². The largest absolute Gasteiger partial charge is 0.490 e. The van der Waals surface area contributed by atoms with Gasteiger partial charge in [-0.15, -0.1) is 0 Å². The van der Waals surface area contributed by atoms with Crippen LogP contribution in [-0.4, -0.2) is 22.4 Å². The van der Waals surface area contributed by atoms with E-state index in [0.717, 1.165) is 5.56 Å². The van der Waals surface area contributed by atoms with E-state index in [1.165, 1.54) is 16.9 Å². The number of rotatable bonds is 5. The Morgan fingerprint density at radius 1 is 1.38 bits per heavy atom. The number of benzene rings is 1. The molecule has 0 spiro atoms. The summed E-state index contributed by atoms with van der Waals surface area (Å²) in [5.74, 6) is 0.394. The van der Waals surface area contributed by atoms with E-state index in [1.807, 2.05) is 6.92 Å². The summed E-state index contributed by atoms with van der Waals surface area (Å²) >= 11 is 12.0. The van der Waals surface area contributed by atoms with E-state index in [4.69, 9.17) is 33.7 Å².